The molecule has 0 fully saturated rings. The van der Waals surface area contributed by atoms with Gasteiger partial charge in [0, 0.05) is 10.5 Å². The van der Waals surface area contributed by atoms with Crippen molar-refractivity contribution in [3.8, 4) is 5.69 Å². The molecule has 1 atom stereocenters. The molecular formula is C15H10BrClFIN2. The first-order valence-electron chi connectivity index (χ1n) is 6.25. The van der Waals surface area contributed by atoms with Gasteiger partial charge >= 0.3 is 0 Å². The molecule has 0 radical (unpaired) electrons. The average Bonchev–Trinajstić information content (AvgIpc) is 2.78. The van der Waals surface area contributed by atoms with Crippen molar-refractivity contribution in [2.75, 3.05) is 0 Å². The Morgan fingerprint density at radius 3 is 2.71 bits per heavy atom. The number of benzene rings is 2. The van der Waals surface area contributed by atoms with Crippen LogP contribution in [0.1, 0.15) is 18.1 Å². The SMILES string of the molecule is CC(Cl)c1nc2cc(I)c(F)cc2n1-c1ccccc1Br. The highest BCUT2D eigenvalue weighted by Gasteiger charge is 2.19. The minimum Gasteiger partial charge on any atom is -0.294 e. The summed E-state index contributed by atoms with van der Waals surface area (Å²) in [6.45, 7) is 1.86. The molecule has 0 aliphatic heterocycles. The van der Waals surface area contributed by atoms with Crippen molar-refractivity contribution in [1.29, 1.82) is 0 Å². The molecule has 1 heterocycles. The van der Waals surface area contributed by atoms with Crippen molar-refractivity contribution in [3.05, 3.63) is 56.1 Å². The van der Waals surface area contributed by atoms with E-state index in [0.717, 1.165) is 15.7 Å². The van der Waals surface area contributed by atoms with Gasteiger partial charge in [-0.25, -0.2) is 9.37 Å². The molecule has 1 unspecified atom stereocenters. The molecule has 0 aliphatic rings. The zero-order valence-electron chi connectivity index (χ0n) is 10.9. The summed E-state index contributed by atoms with van der Waals surface area (Å²) in [6.07, 6.45) is 0. The van der Waals surface area contributed by atoms with Crippen molar-refractivity contribution in [2.45, 2.75) is 12.3 Å². The number of alkyl halides is 1. The second-order valence-electron chi connectivity index (χ2n) is 4.63. The standard InChI is InChI=1S/C15H10BrClFIN2/c1-8(17)15-20-12-7-11(19)10(18)6-14(12)21(15)13-5-3-2-4-9(13)16/h2-8H,1H3. The van der Waals surface area contributed by atoms with Gasteiger partial charge in [-0.2, -0.15) is 0 Å². The molecule has 21 heavy (non-hydrogen) atoms. The van der Waals surface area contributed by atoms with Crippen LogP contribution < -0.4 is 0 Å². The number of rotatable bonds is 2. The first-order chi connectivity index (χ1) is 9.99. The summed E-state index contributed by atoms with van der Waals surface area (Å²) in [4.78, 5) is 4.57. The van der Waals surface area contributed by atoms with Crippen LogP contribution in [0.3, 0.4) is 0 Å². The summed E-state index contributed by atoms with van der Waals surface area (Å²) in [5.74, 6) is 0.435. The molecule has 0 saturated heterocycles. The van der Waals surface area contributed by atoms with Crippen LogP contribution in [-0.4, -0.2) is 9.55 Å². The molecule has 108 valence electrons. The summed E-state index contributed by atoms with van der Waals surface area (Å²) in [6, 6.07) is 11.0. The molecule has 6 heteroatoms. The molecule has 1 aromatic heterocycles. The third-order valence-electron chi connectivity index (χ3n) is 3.17. The Bertz CT molecular complexity index is 832. The highest BCUT2D eigenvalue weighted by Crippen LogP contribution is 2.32. The van der Waals surface area contributed by atoms with Crippen molar-refractivity contribution < 1.29 is 4.39 Å². The maximum Gasteiger partial charge on any atom is 0.138 e. The first-order valence-corrected chi connectivity index (χ1v) is 8.56. The molecule has 0 N–H and O–H groups in total. The van der Waals surface area contributed by atoms with Crippen molar-refractivity contribution in [2.24, 2.45) is 0 Å². The molecule has 3 rings (SSSR count). The second-order valence-corrected chi connectivity index (χ2v) is 7.30. The van der Waals surface area contributed by atoms with Gasteiger partial charge in [0.25, 0.3) is 0 Å². The minimum atomic E-state index is -0.287. The Morgan fingerprint density at radius 1 is 1.33 bits per heavy atom. The smallest absolute Gasteiger partial charge is 0.138 e. The van der Waals surface area contributed by atoms with Gasteiger partial charge in [-0.15, -0.1) is 11.6 Å². The van der Waals surface area contributed by atoms with Crippen molar-refractivity contribution >= 4 is 61.2 Å². The fraction of sp³-hybridized carbons (Fsp3) is 0.133. The van der Waals surface area contributed by atoms with E-state index in [-0.39, 0.29) is 11.2 Å². The number of imidazole rings is 1. The highest BCUT2D eigenvalue weighted by molar-refractivity contribution is 14.1. The molecule has 2 nitrogen and oxygen atoms in total. The van der Waals surface area contributed by atoms with Gasteiger partial charge < -0.3 is 0 Å². The maximum atomic E-state index is 14.0. The Balaban J connectivity index is 2.41. The van der Waals surface area contributed by atoms with Crippen LogP contribution in [0.4, 0.5) is 4.39 Å². The molecule has 0 aliphatic carbocycles. The van der Waals surface area contributed by atoms with E-state index in [1.54, 1.807) is 6.07 Å². The number of fused-ring (bicyclic) bond motifs is 1. The first kappa shape index (κ1) is 15.2. The van der Waals surface area contributed by atoms with Gasteiger partial charge in [0.15, 0.2) is 0 Å². The van der Waals surface area contributed by atoms with Crippen LogP contribution in [0.15, 0.2) is 40.9 Å². The number of para-hydroxylation sites is 1. The molecule has 0 spiro atoms. The quantitative estimate of drug-likeness (QED) is 0.334. The molecule has 2 aromatic carbocycles. The van der Waals surface area contributed by atoms with Crippen LogP contribution in [0.2, 0.25) is 0 Å². The number of hydrogen-bond donors (Lipinski definition) is 0. The van der Waals surface area contributed by atoms with E-state index in [4.69, 9.17) is 11.6 Å². The Hall–Kier alpha value is -0.660. The summed E-state index contributed by atoms with van der Waals surface area (Å²) in [7, 11) is 0. The fourth-order valence-corrected chi connectivity index (χ4v) is 3.30. The largest absolute Gasteiger partial charge is 0.294 e. The maximum absolute atomic E-state index is 14.0. The second kappa shape index (κ2) is 5.85. The summed E-state index contributed by atoms with van der Waals surface area (Å²) in [5.41, 5.74) is 2.34. The van der Waals surface area contributed by atoms with Gasteiger partial charge in [-0.1, -0.05) is 12.1 Å². The van der Waals surface area contributed by atoms with Crippen molar-refractivity contribution in [3.63, 3.8) is 0 Å². The van der Waals surface area contributed by atoms with Gasteiger partial charge in [-0.05, 0) is 63.6 Å². The van der Waals surface area contributed by atoms with E-state index in [1.807, 2.05) is 58.3 Å². The zero-order chi connectivity index (χ0) is 15.1. The van der Waals surface area contributed by atoms with Gasteiger partial charge in [0.1, 0.15) is 11.6 Å². The van der Waals surface area contributed by atoms with Crippen LogP contribution in [0, 0.1) is 9.39 Å². The molecule has 3 aromatic rings. The predicted octanol–water partition coefficient (Wildman–Crippen LogP) is 5.83. The lowest BCUT2D eigenvalue weighted by Crippen LogP contribution is -2.02. The Labute approximate surface area is 148 Å². The predicted molar refractivity (Wildman–Crippen MR) is 95.7 cm³/mol. The lowest BCUT2D eigenvalue weighted by Gasteiger charge is -2.12. The van der Waals surface area contributed by atoms with Crippen LogP contribution in [-0.2, 0) is 0 Å². The van der Waals surface area contributed by atoms with E-state index in [1.165, 1.54) is 6.07 Å². The van der Waals surface area contributed by atoms with E-state index in [9.17, 15) is 4.39 Å². The van der Waals surface area contributed by atoms with E-state index >= 15 is 0 Å². The lowest BCUT2D eigenvalue weighted by atomic mass is 10.2. The Morgan fingerprint density at radius 2 is 2.05 bits per heavy atom. The fourth-order valence-electron chi connectivity index (χ4n) is 2.24. The number of halogens is 4. The summed E-state index contributed by atoms with van der Waals surface area (Å²) < 4.78 is 17.3. The molecule has 0 saturated carbocycles. The zero-order valence-corrected chi connectivity index (χ0v) is 15.4. The average molecular weight is 480 g/mol. The number of hydrogen-bond acceptors (Lipinski definition) is 1. The highest BCUT2D eigenvalue weighted by atomic mass is 127. The van der Waals surface area contributed by atoms with Crippen LogP contribution >= 0.6 is 50.1 Å². The number of aromatic nitrogens is 2. The minimum absolute atomic E-state index is 0.259. The Kier molecular flexibility index (Phi) is 4.25. The third-order valence-corrected chi connectivity index (χ3v) is 4.86. The molecule has 0 bridgehead atoms. The van der Waals surface area contributed by atoms with E-state index in [0.29, 0.717) is 14.9 Å². The molecule has 0 amide bonds. The monoisotopic (exact) mass is 478 g/mol. The van der Waals surface area contributed by atoms with Gasteiger partial charge in [0.2, 0.25) is 0 Å². The number of nitrogens with zero attached hydrogens (tertiary/aromatic N) is 2. The third kappa shape index (κ3) is 2.71. The molecular weight excluding hydrogens is 469 g/mol. The normalized spacial score (nSPS) is 12.8. The van der Waals surface area contributed by atoms with Crippen molar-refractivity contribution in [1.82, 2.24) is 9.55 Å². The summed E-state index contributed by atoms with van der Waals surface area (Å²) >= 11 is 11.8. The summed E-state index contributed by atoms with van der Waals surface area (Å²) in [5, 5.41) is -0.287. The van der Waals surface area contributed by atoms with Gasteiger partial charge in [-0.3, -0.25) is 4.57 Å². The lowest BCUT2D eigenvalue weighted by molar-refractivity contribution is 0.621. The van der Waals surface area contributed by atoms with E-state index in [2.05, 4.69) is 20.9 Å². The van der Waals surface area contributed by atoms with Crippen LogP contribution in [0.5, 0.6) is 0 Å². The van der Waals surface area contributed by atoms with Crippen LogP contribution in [0.25, 0.3) is 16.7 Å². The van der Waals surface area contributed by atoms with E-state index < -0.39 is 0 Å². The van der Waals surface area contributed by atoms with Gasteiger partial charge in [0.05, 0.1) is 25.7 Å². The topological polar surface area (TPSA) is 17.8 Å².